The van der Waals surface area contributed by atoms with E-state index >= 15 is 0 Å². The van der Waals surface area contributed by atoms with Crippen LogP contribution in [0.1, 0.15) is 37.1 Å². The number of carbonyl (C=O) groups is 3. The molecule has 1 heterocycles. The van der Waals surface area contributed by atoms with Gasteiger partial charge in [0.05, 0.1) is 17.5 Å². The fourth-order valence-corrected chi connectivity index (χ4v) is 3.16. The Morgan fingerprint density at radius 1 is 1.17 bits per heavy atom. The molecule has 9 heteroatoms. The van der Waals surface area contributed by atoms with Crippen molar-refractivity contribution < 1.29 is 23.6 Å². The Balaban J connectivity index is 1.65. The molecule has 0 saturated heterocycles. The molecule has 2 aromatic rings. The van der Waals surface area contributed by atoms with E-state index in [0.29, 0.717) is 11.6 Å². The second-order valence-corrected chi connectivity index (χ2v) is 7.33. The predicted molar refractivity (Wildman–Crippen MR) is 110 cm³/mol. The van der Waals surface area contributed by atoms with Gasteiger partial charge in [-0.25, -0.2) is 0 Å². The van der Waals surface area contributed by atoms with Gasteiger partial charge in [0.15, 0.2) is 12.4 Å². The highest BCUT2D eigenvalue weighted by atomic mass is 32.2. The molecule has 2 N–H and O–H groups in total. The van der Waals surface area contributed by atoms with Crippen LogP contribution in [0.4, 0.5) is 5.82 Å². The summed E-state index contributed by atoms with van der Waals surface area (Å²) >= 11 is 1.09. The van der Waals surface area contributed by atoms with Gasteiger partial charge in [0.2, 0.25) is 5.91 Å². The van der Waals surface area contributed by atoms with Crippen molar-refractivity contribution >= 4 is 35.4 Å². The van der Waals surface area contributed by atoms with E-state index in [-0.39, 0.29) is 36.0 Å². The van der Waals surface area contributed by atoms with Gasteiger partial charge in [0, 0.05) is 6.07 Å². The normalized spacial score (nSPS) is 11.5. The molecule has 0 aliphatic carbocycles. The molecule has 0 fully saturated rings. The average Bonchev–Trinajstić information content (AvgIpc) is 3.11. The van der Waals surface area contributed by atoms with Gasteiger partial charge >= 0.3 is 5.97 Å². The molecule has 1 aromatic carbocycles. The zero-order valence-corrected chi connectivity index (χ0v) is 17.3. The van der Waals surface area contributed by atoms with E-state index < -0.39 is 5.97 Å². The molecule has 8 nitrogen and oxygen atoms in total. The Morgan fingerprint density at radius 2 is 1.93 bits per heavy atom. The number of aryl methyl sites for hydroxylation is 1. The van der Waals surface area contributed by atoms with Crippen LogP contribution >= 0.6 is 11.8 Å². The minimum absolute atomic E-state index is 0.0321. The monoisotopic (exact) mass is 419 g/mol. The molecule has 0 bridgehead atoms. The molecule has 0 unspecified atom stereocenters. The van der Waals surface area contributed by atoms with Gasteiger partial charge in [-0.3, -0.25) is 14.4 Å². The highest BCUT2D eigenvalue weighted by Gasteiger charge is 2.15. The molecule has 29 heavy (non-hydrogen) atoms. The Morgan fingerprint density at radius 3 is 2.59 bits per heavy atom. The van der Waals surface area contributed by atoms with Gasteiger partial charge in [0.1, 0.15) is 5.76 Å². The third kappa shape index (κ3) is 8.39. The van der Waals surface area contributed by atoms with Crippen LogP contribution in [0.5, 0.6) is 0 Å². The third-order valence-electron chi connectivity index (χ3n) is 3.83. The number of rotatable bonds is 11. The lowest BCUT2D eigenvalue weighted by Gasteiger charge is -2.18. The predicted octanol–water partition coefficient (Wildman–Crippen LogP) is 2.86. The van der Waals surface area contributed by atoms with Crippen LogP contribution in [0.3, 0.4) is 0 Å². The summed E-state index contributed by atoms with van der Waals surface area (Å²) in [6.45, 7) is 3.41. The number of hydrogen-bond acceptors (Lipinski definition) is 7. The number of esters is 1. The molecule has 2 amide bonds. The average molecular weight is 420 g/mol. The van der Waals surface area contributed by atoms with Crippen molar-refractivity contribution in [2.75, 3.05) is 23.4 Å². The minimum atomic E-state index is -0.554. The Kier molecular flexibility index (Phi) is 9.23. The Labute approximate surface area is 173 Å². The van der Waals surface area contributed by atoms with E-state index in [2.05, 4.69) is 15.8 Å². The van der Waals surface area contributed by atoms with Crippen molar-refractivity contribution in [3.05, 3.63) is 47.7 Å². The summed E-state index contributed by atoms with van der Waals surface area (Å²) in [7, 11) is 0. The van der Waals surface area contributed by atoms with E-state index in [1.54, 1.807) is 13.0 Å². The van der Waals surface area contributed by atoms with Crippen LogP contribution in [0.15, 0.2) is 40.9 Å². The number of anilines is 1. The first-order valence-corrected chi connectivity index (χ1v) is 10.4. The Bertz CT molecular complexity index is 809. The molecule has 0 spiro atoms. The topological polar surface area (TPSA) is 111 Å². The lowest BCUT2D eigenvalue weighted by Crippen LogP contribution is -2.32. The zero-order chi connectivity index (χ0) is 21.1. The first-order valence-electron chi connectivity index (χ1n) is 9.28. The number of thioether (sulfide) groups is 1. The molecule has 0 aliphatic rings. The molecular formula is C20H25N3O5S. The SMILES string of the molecule is CCC[C@H](NC(=O)COC(=O)CSCC(=O)Nc1cc(C)on1)c1ccccc1. The summed E-state index contributed by atoms with van der Waals surface area (Å²) < 4.78 is 9.84. The molecular weight excluding hydrogens is 394 g/mol. The first kappa shape index (κ1) is 22.5. The van der Waals surface area contributed by atoms with E-state index in [4.69, 9.17) is 9.26 Å². The van der Waals surface area contributed by atoms with Crippen LogP contribution in [-0.4, -0.2) is 41.1 Å². The van der Waals surface area contributed by atoms with Gasteiger partial charge in [-0.1, -0.05) is 48.8 Å². The van der Waals surface area contributed by atoms with Crippen LogP contribution in [-0.2, 0) is 19.1 Å². The molecule has 0 aliphatic heterocycles. The summed E-state index contributed by atoms with van der Waals surface area (Å²) in [5, 5.41) is 9.10. The number of hydrogen-bond donors (Lipinski definition) is 2. The van der Waals surface area contributed by atoms with E-state index in [0.717, 1.165) is 30.2 Å². The molecule has 0 radical (unpaired) electrons. The van der Waals surface area contributed by atoms with Gasteiger partial charge in [-0.15, -0.1) is 11.8 Å². The Hall–Kier alpha value is -2.81. The van der Waals surface area contributed by atoms with Crippen LogP contribution in [0.2, 0.25) is 0 Å². The van der Waals surface area contributed by atoms with Gasteiger partial charge < -0.3 is 19.9 Å². The van der Waals surface area contributed by atoms with Crippen molar-refractivity contribution in [3.8, 4) is 0 Å². The zero-order valence-electron chi connectivity index (χ0n) is 16.5. The van der Waals surface area contributed by atoms with Crippen LogP contribution < -0.4 is 10.6 Å². The number of nitrogens with zero attached hydrogens (tertiary/aromatic N) is 1. The third-order valence-corrected chi connectivity index (χ3v) is 4.73. The lowest BCUT2D eigenvalue weighted by molar-refractivity contribution is -0.146. The van der Waals surface area contributed by atoms with Crippen molar-refractivity contribution in [1.29, 1.82) is 0 Å². The summed E-state index contributed by atoms with van der Waals surface area (Å²) in [5.41, 5.74) is 1.01. The number of benzene rings is 1. The second kappa shape index (κ2) is 11.9. The summed E-state index contributed by atoms with van der Waals surface area (Å²) in [4.78, 5) is 35.7. The summed E-state index contributed by atoms with van der Waals surface area (Å²) in [6, 6.07) is 11.1. The van der Waals surface area contributed by atoms with Crippen LogP contribution in [0.25, 0.3) is 0 Å². The maximum absolute atomic E-state index is 12.1. The van der Waals surface area contributed by atoms with E-state index in [9.17, 15) is 14.4 Å². The molecule has 2 rings (SSSR count). The molecule has 156 valence electrons. The molecule has 1 aromatic heterocycles. The quantitative estimate of drug-likeness (QED) is 0.539. The largest absolute Gasteiger partial charge is 0.455 e. The number of ether oxygens (including phenoxy) is 1. The highest BCUT2D eigenvalue weighted by Crippen LogP contribution is 2.17. The summed E-state index contributed by atoms with van der Waals surface area (Å²) in [5.74, 6) is -0.281. The molecule has 1 atom stereocenters. The van der Waals surface area contributed by atoms with Gasteiger partial charge in [-0.2, -0.15) is 0 Å². The van der Waals surface area contributed by atoms with Gasteiger partial charge in [0.25, 0.3) is 5.91 Å². The first-order chi connectivity index (χ1) is 14.0. The fourth-order valence-electron chi connectivity index (χ4n) is 2.55. The van der Waals surface area contributed by atoms with Crippen molar-refractivity contribution in [2.24, 2.45) is 0 Å². The number of nitrogens with one attached hydrogen (secondary N) is 2. The van der Waals surface area contributed by atoms with Crippen LogP contribution in [0, 0.1) is 6.92 Å². The van der Waals surface area contributed by atoms with E-state index in [1.165, 1.54) is 0 Å². The second-order valence-electron chi connectivity index (χ2n) is 6.34. The summed E-state index contributed by atoms with van der Waals surface area (Å²) in [6.07, 6.45) is 1.70. The lowest BCUT2D eigenvalue weighted by atomic mass is 10.0. The maximum atomic E-state index is 12.1. The van der Waals surface area contributed by atoms with Crippen molar-refractivity contribution in [1.82, 2.24) is 10.5 Å². The van der Waals surface area contributed by atoms with E-state index in [1.807, 2.05) is 37.3 Å². The van der Waals surface area contributed by atoms with Crippen molar-refractivity contribution in [2.45, 2.75) is 32.7 Å². The standard InChI is InChI=1S/C20H25N3O5S/c1-3-7-16(15-8-5-4-6-9-15)21-18(24)11-27-20(26)13-29-12-19(25)22-17-10-14(2)28-23-17/h4-6,8-10,16H,3,7,11-13H2,1-2H3,(H,21,24)(H,22,23,25)/t16-/m0/s1. The minimum Gasteiger partial charge on any atom is -0.455 e. The smallest absolute Gasteiger partial charge is 0.316 e. The number of aromatic nitrogens is 1. The number of carbonyl (C=O) groups excluding carboxylic acids is 3. The highest BCUT2D eigenvalue weighted by molar-refractivity contribution is 8.00. The maximum Gasteiger partial charge on any atom is 0.316 e. The van der Waals surface area contributed by atoms with Crippen molar-refractivity contribution in [3.63, 3.8) is 0 Å². The molecule has 0 saturated carbocycles. The van der Waals surface area contributed by atoms with Gasteiger partial charge in [-0.05, 0) is 18.9 Å². The number of amides is 2. The fraction of sp³-hybridized carbons (Fsp3) is 0.400.